The third kappa shape index (κ3) is 5.48. The highest BCUT2D eigenvalue weighted by molar-refractivity contribution is 5.96. The number of ether oxygens (including phenoxy) is 1. The van der Waals surface area contributed by atoms with Crippen molar-refractivity contribution in [2.24, 2.45) is 0 Å². The highest BCUT2D eigenvalue weighted by atomic mass is 16.5. The normalized spacial score (nSPS) is 10.7. The zero-order chi connectivity index (χ0) is 18.9. The van der Waals surface area contributed by atoms with Gasteiger partial charge in [-0.3, -0.25) is 4.79 Å². The van der Waals surface area contributed by atoms with Crippen LogP contribution in [0.4, 0.5) is 11.4 Å². The summed E-state index contributed by atoms with van der Waals surface area (Å²) in [5.74, 6) is -0.413. The lowest BCUT2D eigenvalue weighted by molar-refractivity contribution is -0.134. The Morgan fingerprint density at radius 1 is 1.15 bits per heavy atom. The Labute approximate surface area is 154 Å². The van der Waals surface area contributed by atoms with Gasteiger partial charge in [-0.25, -0.2) is 4.79 Å². The lowest BCUT2D eigenvalue weighted by atomic mass is 10.1. The maximum atomic E-state index is 12.4. The van der Waals surface area contributed by atoms with Gasteiger partial charge in [0.05, 0.1) is 18.5 Å². The topological polar surface area (TPSA) is 72.6 Å². The van der Waals surface area contributed by atoms with Gasteiger partial charge in [0.2, 0.25) is 5.91 Å². The fourth-order valence-electron chi connectivity index (χ4n) is 2.60. The van der Waals surface area contributed by atoms with Gasteiger partial charge in [-0.05, 0) is 42.2 Å². The van der Waals surface area contributed by atoms with Gasteiger partial charge in [0, 0.05) is 19.5 Å². The second kappa shape index (κ2) is 9.42. The number of nitrogens with zero attached hydrogens (tertiary/aromatic N) is 1. The Kier molecular flexibility index (Phi) is 6.97. The molecule has 0 heterocycles. The van der Waals surface area contributed by atoms with E-state index in [2.05, 4.69) is 16.9 Å². The van der Waals surface area contributed by atoms with Crippen molar-refractivity contribution in [3.63, 3.8) is 0 Å². The van der Waals surface area contributed by atoms with Gasteiger partial charge < -0.3 is 15.4 Å². The molecule has 5 nitrogen and oxygen atoms in total. The van der Waals surface area contributed by atoms with Crippen LogP contribution in [0.1, 0.15) is 24.0 Å². The predicted molar refractivity (Wildman–Crippen MR) is 105 cm³/mol. The van der Waals surface area contributed by atoms with Gasteiger partial charge in [0.25, 0.3) is 0 Å². The smallest absolute Gasteiger partial charge is 0.330 e. The Hall–Kier alpha value is -3.08. The largest absolute Gasteiger partial charge is 0.466 e. The summed E-state index contributed by atoms with van der Waals surface area (Å²) in [6.45, 7) is 0. The molecule has 1 amide bonds. The third-order valence-corrected chi connectivity index (χ3v) is 4.10. The highest BCUT2D eigenvalue weighted by Crippen LogP contribution is 2.25. The van der Waals surface area contributed by atoms with Crippen molar-refractivity contribution in [3.8, 4) is 0 Å². The molecule has 0 aliphatic rings. The Morgan fingerprint density at radius 3 is 2.54 bits per heavy atom. The molecule has 0 bridgehead atoms. The first kappa shape index (κ1) is 19.2. The minimum absolute atomic E-state index is 0.0190. The van der Waals surface area contributed by atoms with Crippen LogP contribution in [0.15, 0.2) is 54.6 Å². The summed E-state index contributed by atoms with van der Waals surface area (Å²) in [4.78, 5) is 25.1. The summed E-state index contributed by atoms with van der Waals surface area (Å²) < 4.78 is 4.56. The van der Waals surface area contributed by atoms with Gasteiger partial charge in [0.15, 0.2) is 0 Å². The summed E-state index contributed by atoms with van der Waals surface area (Å²) >= 11 is 0. The number of hydrogen-bond acceptors (Lipinski definition) is 4. The maximum Gasteiger partial charge on any atom is 0.330 e. The van der Waals surface area contributed by atoms with Gasteiger partial charge >= 0.3 is 5.97 Å². The van der Waals surface area contributed by atoms with Crippen LogP contribution in [0.3, 0.4) is 0 Å². The molecule has 5 heteroatoms. The lowest BCUT2D eigenvalue weighted by Gasteiger charge is -2.19. The standard InChI is InChI=1S/C21H24N2O3/c1-23(20(24)10-6-9-16-7-4-3-5-8-16)19-13-11-17(15-18(19)22)12-14-21(25)26-2/h3-5,7-8,11-15H,6,9-10,22H2,1-2H3. The second-order valence-electron chi connectivity index (χ2n) is 5.97. The number of nitrogens with two attached hydrogens (primary N) is 1. The molecule has 0 spiro atoms. The number of benzene rings is 2. The molecule has 2 N–H and O–H groups in total. The molecule has 0 aromatic heterocycles. The number of rotatable bonds is 7. The van der Waals surface area contributed by atoms with Gasteiger partial charge in [-0.1, -0.05) is 36.4 Å². The fraction of sp³-hybridized carbons (Fsp3) is 0.238. The number of carbonyl (C=O) groups excluding carboxylic acids is 2. The molecule has 0 aliphatic carbocycles. The molecule has 0 atom stereocenters. The number of hydrogen-bond donors (Lipinski definition) is 1. The van der Waals surface area contributed by atoms with E-state index in [0.717, 1.165) is 18.4 Å². The Morgan fingerprint density at radius 2 is 1.88 bits per heavy atom. The molecule has 0 fully saturated rings. The van der Waals surface area contributed by atoms with Crippen LogP contribution in [0.2, 0.25) is 0 Å². The number of methoxy groups -OCH3 is 1. The van der Waals surface area contributed by atoms with Crippen LogP contribution >= 0.6 is 0 Å². The van der Waals surface area contributed by atoms with Crippen molar-refractivity contribution in [1.29, 1.82) is 0 Å². The molecule has 136 valence electrons. The average molecular weight is 352 g/mol. The Bertz CT molecular complexity index is 785. The lowest BCUT2D eigenvalue weighted by Crippen LogP contribution is -2.26. The monoisotopic (exact) mass is 352 g/mol. The third-order valence-electron chi connectivity index (χ3n) is 4.10. The minimum Gasteiger partial charge on any atom is -0.466 e. The second-order valence-corrected chi connectivity index (χ2v) is 5.97. The molecule has 2 aromatic rings. The van der Waals surface area contributed by atoms with E-state index in [4.69, 9.17) is 5.73 Å². The van der Waals surface area contributed by atoms with Crippen molar-refractivity contribution in [3.05, 3.63) is 65.7 Å². The molecule has 0 unspecified atom stereocenters. The number of esters is 1. The summed E-state index contributed by atoms with van der Waals surface area (Å²) in [6.07, 6.45) is 5.05. The van der Waals surface area contributed by atoms with Crippen molar-refractivity contribution in [2.75, 3.05) is 24.8 Å². The summed E-state index contributed by atoms with van der Waals surface area (Å²) in [7, 11) is 3.04. The molecule has 2 rings (SSSR count). The first-order valence-electron chi connectivity index (χ1n) is 8.47. The van der Waals surface area contributed by atoms with Crippen molar-refractivity contribution < 1.29 is 14.3 Å². The van der Waals surface area contributed by atoms with E-state index >= 15 is 0 Å². The first-order valence-corrected chi connectivity index (χ1v) is 8.47. The predicted octanol–water partition coefficient (Wildman–Crippen LogP) is 3.44. The SMILES string of the molecule is COC(=O)C=Cc1ccc(N(C)C(=O)CCCc2ccccc2)c(N)c1. The van der Waals surface area contributed by atoms with E-state index in [1.807, 2.05) is 18.2 Å². The van der Waals surface area contributed by atoms with Crippen LogP contribution in [0.5, 0.6) is 0 Å². The number of nitrogen functional groups attached to an aromatic ring is 1. The highest BCUT2D eigenvalue weighted by Gasteiger charge is 2.13. The molecular weight excluding hydrogens is 328 g/mol. The molecule has 0 aliphatic heterocycles. The summed E-state index contributed by atoms with van der Waals surface area (Å²) in [5, 5.41) is 0. The summed E-state index contributed by atoms with van der Waals surface area (Å²) in [6, 6.07) is 15.4. The number of aryl methyl sites for hydroxylation is 1. The van der Waals surface area contributed by atoms with Crippen LogP contribution in [-0.2, 0) is 20.7 Å². The molecule has 2 aromatic carbocycles. The number of anilines is 2. The average Bonchev–Trinajstić information content (AvgIpc) is 2.66. The molecule has 0 saturated heterocycles. The van der Waals surface area contributed by atoms with Crippen LogP contribution in [-0.4, -0.2) is 26.0 Å². The quantitative estimate of drug-likeness (QED) is 0.471. The number of amides is 1. The van der Waals surface area contributed by atoms with Crippen molar-refractivity contribution >= 4 is 29.3 Å². The minimum atomic E-state index is -0.432. The first-order chi connectivity index (χ1) is 12.5. The van der Waals surface area contributed by atoms with E-state index in [1.165, 1.54) is 18.7 Å². The van der Waals surface area contributed by atoms with Crippen LogP contribution in [0, 0.1) is 0 Å². The fourth-order valence-corrected chi connectivity index (χ4v) is 2.60. The summed E-state index contributed by atoms with van der Waals surface area (Å²) in [5.41, 5.74) is 9.21. The van der Waals surface area contributed by atoms with Gasteiger partial charge in [0.1, 0.15) is 0 Å². The number of carbonyl (C=O) groups is 2. The molecular formula is C21H24N2O3. The van der Waals surface area contributed by atoms with Gasteiger partial charge in [-0.2, -0.15) is 0 Å². The zero-order valence-electron chi connectivity index (χ0n) is 15.1. The molecule has 26 heavy (non-hydrogen) atoms. The van der Waals surface area contributed by atoms with E-state index in [0.29, 0.717) is 17.8 Å². The Balaban J connectivity index is 1.95. The van der Waals surface area contributed by atoms with E-state index in [1.54, 1.807) is 36.2 Å². The van der Waals surface area contributed by atoms with E-state index < -0.39 is 5.97 Å². The van der Waals surface area contributed by atoms with Crippen molar-refractivity contribution in [1.82, 2.24) is 0 Å². The maximum absolute atomic E-state index is 12.4. The molecule has 0 saturated carbocycles. The van der Waals surface area contributed by atoms with Crippen molar-refractivity contribution in [2.45, 2.75) is 19.3 Å². The zero-order valence-corrected chi connectivity index (χ0v) is 15.1. The van der Waals surface area contributed by atoms with Crippen LogP contribution < -0.4 is 10.6 Å². The van der Waals surface area contributed by atoms with E-state index in [-0.39, 0.29) is 5.91 Å². The molecule has 0 radical (unpaired) electrons. The van der Waals surface area contributed by atoms with E-state index in [9.17, 15) is 9.59 Å². The van der Waals surface area contributed by atoms with Crippen LogP contribution in [0.25, 0.3) is 6.08 Å². The van der Waals surface area contributed by atoms with Gasteiger partial charge in [-0.15, -0.1) is 0 Å².